The topological polar surface area (TPSA) is 102 Å². The van der Waals surface area contributed by atoms with Crippen LogP contribution in [0.2, 0.25) is 0 Å². The first-order valence-electron chi connectivity index (χ1n) is 8.81. The van der Waals surface area contributed by atoms with Gasteiger partial charge in [-0.25, -0.2) is 9.93 Å². The number of nitrogens with two attached hydrogens (primary N) is 1. The summed E-state index contributed by atoms with van der Waals surface area (Å²) in [6, 6.07) is 9.57. The van der Waals surface area contributed by atoms with Crippen LogP contribution < -0.4 is 5.14 Å². The Morgan fingerprint density at radius 3 is 2.35 bits per heavy atom. The van der Waals surface area contributed by atoms with Crippen molar-refractivity contribution in [1.82, 2.24) is 9.21 Å². The van der Waals surface area contributed by atoms with Crippen LogP contribution in [0, 0.1) is 0 Å². The number of hydrogen-bond donors (Lipinski definition) is 1. The van der Waals surface area contributed by atoms with Crippen molar-refractivity contribution < 1.29 is 22.7 Å². The van der Waals surface area contributed by atoms with E-state index in [1.54, 1.807) is 4.90 Å². The Kier molecular flexibility index (Phi) is 6.13. The third-order valence-corrected chi connectivity index (χ3v) is 5.81. The number of ether oxygens (including phenoxy) is 2. The van der Waals surface area contributed by atoms with E-state index in [-0.39, 0.29) is 24.9 Å². The van der Waals surface area contributed by atoms with Crippen LogP contribution in [-0.4, -0.2) is 62.1 Å². The van der Waals surface area contributed by atoms with Crippen molar-refractivity contribution in [3.63, 3.8) is 0 Å². The number of rotatable bonds is 5. The number of carbonyl (C=O) groups excluding carboxylic acids is 1. The van der Waals surface area contributed by atoms with E-state index in [9.17, 15) is 13.2 Å². The van der Waals surface area contributed by atoms with Gasteiger partial charge in [-0.1, -0.05) is 30.3 Å². The van der Waals surface area contributed by atoms with E-state index in [2.05, 4.69) is 0 Å². The van der Waals surface area contributed by atoms with Gasteiger partial charge in [-0.05, 0) is 24.8 Å². The molecule has 1 atom stereocenters. The molecule has 2 saturated heterocycles. The molecule has 1 amide bonds. The van der Waals surface area contributed by atoms with Crippen LogP contribution in [0.5, 0.6) is 0 Å². The molecule has 0 saturated carbocycles. The van der Waals surface area contributed by atoms with Crippen LogP contribution in [0.1, 0.15) is 24.8 Å². The van der Waals surface area contributed by atoms with Crippen molar-refractivity contribution in [2.24, 2.45) is 5.14 Å². The fourth-order valence-corrected chi connectivity index (χ4v) is 4.03. The maximum absolute atomic E-state index is 12.2. The lowest BCUT2D eigenvalue weighted by Crippen LogP contribution is -2.42. The molecule has 0 aliphatic carbocycles. The molecular weight excluding hydrogens is 358 g/mol. The highest BCUT2D eigenvalue weighted by molar-refractivity contribution is 7.86. The molecule has 2 aliphatic heterocycles. The zero-order valence-electron chi connectivity index (χ0n) is 14.6. The summed E-state index contributed by atoms with van der Waals surface area (Å²) in [4.78, 5) is 13.8. The molecule has 2 fully saturated rings. The maximum Gasteiger partial charge on any atom is 0.410 e. The molecule has 8 nitrogen and oxygen atoms in total. The highest BCUT2D eigenvalue weighted by Crippen LogP contribution is 2.21. The van der Waals surface area contributed by atoms with E-state index in [1.807, 2.05) is 30.3 Å². The van der Waals surface area contributed by atoms with Gasteiger partial charge in [-0.15, -0.1) is 0 Å². The van der Waals surface area contributed by atoms with Crippen LogP contribution in [0.4, 0.5) is 4.79 Å². The van der Waals surface area contributed by atoms with Crippen molar-refractivity contribution in [3.8, 4) is 0 Å². The molecular formula is C17H25N3O5S. The molecule has 2 N–H and O–H groups in total. The lowest BCUT2D eigenvalue weighted by atomic mass is 10.1. The van der Waals surface area contributed by atoms with E-state index in [0.717, 1.165) is 5.56 Å². The van der Waals surface area contributed by atoms with E-state index >= 15 is 0 Å². The van der Waals surface area contributed by atoms with Gasteiger partial charge in [0.05, 0.1) is 12.2 Å². The first kappa shape index (κ1) is 19.1. The summed E-state index contributed by atoms with van der Waals surface area (Å²) in [5, 5.41) is 5.14. The lowest BCUT2D eigenvalue weighted by molar-refractivity contribution is -0.0347. The molecule has 9 heteroatoms. The third kappa shape index (κ3) is 5.16. The first-order valence-corrected chi connectivity index (χ1v) is 10.3. The second-order valence-electron chi connectivity index (χ2n) is 6.68. The zero-order chi connectivity index (χ0) is 18.6. The van der Waals surface area contributed by atoms with Gasteiger partial charge in [0, 0.05) is 26.2 Å². The summed E-state index contributed by atoms with van der Waals surface area (Å²) in [6.07, 6.45) is 1.66. The highest BCUT2D eigenvalue weighted by Gasteiger charge is 2.32. The fraction of sp³-hybridized carbons (Fsp3) is 0.588. The summed E-state index contributed by atoms with van der Waals surface area (Å²) < 4.78 is 35.3. The highest BCUT2D eigenvalue weighted by atomic mass is 32.2. The number of benzene rings is 1. The standard InChI is InChI=1S/C17H25N3O5S/c18-26(22,23)20-11-8-16(12-20)25-15-6-9-19(10-7-15)17(21)24-13-14-4-2-1-3-5-14/h1-5,15-16H,6-13H2,(H2,18,22,23). The fourth-order valence-electron chi connectivity index (χ4n) is 3.30. The average molecular weight is 383 g/mol. The number of nitrogens with zero attached hydrogens (tertiary/aromatic N) is 2. The second kappa shape index (κ2) is 8.34. The predicted octanol–water partition coefficient (Wildman–Crippen LogP) is 1.08. The van der Waals surface area contributed by atoms with Crippen molar-refractivity contribution in [2.75, 3.05) is 26.2 Å². The minimum atomic E-state index is -3.64. The summed E-state index contributed by atoms with van der Waals surface area (Å²) >= 11 is 0. The van der Waals surface area contributed by atoms with Gasteiger partial charge < -0.3 is 14.4 Å². The summed E-state index contributed by atoms with van der Waals surface area (Å²) in [5.41, 5.74) is 0.958. The smallest absolute Gasteiger partial charge is 0.410 e. The summed E-state index contributed by atoms with van der Waals surface area (Å²) in [7, 11) is -3.64. The molecule has 2 aliphatic rings. The van der Waals surface area contributed by atoms with E-state index in [1.165, 1.54) is 4.31 Å². The molecule has 144 valence electrons. The van der Waals surface area contributed by atoms with Gasteiger partial charge >= 0.3 is 6.09 Å². The minimum absolute atomic E-state index is 0.0265. The molecule has 1 unspecified atom stereocenters. The number of likely N-dealkylation sites (tertiary alicyclic amines) is 1. The van der Waals surface area contributed by atoms with Crippen LogP contribution in [-0.2, 0) is 26.3 Å². The first-order chi connectivity index (χ1) is 12.4. The molecule has 0 spiro atoms. The quantitative estimate of drug-likeness (QED) is 0.820. The zero-order valence-corrected chi connectivity index (χ0v) is 15.4. The van der Waals surface area contributed by atoms with Crippen LogP contribution in [0.3, 0.4) is 0 Å². The number of hydrogen-bond acceptors (Lipinski definition) is 5. The Bertz CT molecular complexity index is 704. The van der Waals surface area contributed by atoms with Crippen molar-refractivity contribution >= 4 is 16.3 Å². The van der Waals surface area contributed by atoms with Crippen LogP contribution >= 0.6 is 0 Å². The predicted molar refractivity (Wildman–Crippen MR) is 95.4 cm³/mol. The van der Waals surface area contributed by atoms with Crippen molar-refractivity contribution in [3.05, 3.63) is 35.9 Å². The summed E-state index contributed by atoms with van der Waals surface area (Å²) in [6.45, 7) is 2.11. The number of amides is 1. The largest absolute Gasteiger partial charge is 0.445 e. The van der Waals surface area contributed by atoms with E-state index < -0.39 is 10.2 Å². The maximum atomic E-state index is 12.2. The van der Waals surface area contributed by atoms with Crippen LogP contribution in [0.25, 0.3) is 0 Å². The average Bonchev–Trinajstić information content (AvgIpc) is 3.10. The van der Waals surface area contributed by atoms with Gasteiger partial charge in [0.2, 0.25) is 0 Å². The normalized spacial score (nSPS) is 22.5. The van der Waals surface area contributed by atoms with E-state index in [0.29, 0.717) is 45.4 Å². The Hall–Kier alpha value is -1.68. The molecule has 0 radical (unpaired) electrons. The Labute approximate surface area is 154 Å². The monoisotopic (exact) mass is 383 g/mol. The van der Waals surface area contributed by atoms with Gasteiger partial charge in [-0.2, -0.15) is 12.7 Å². The van der Waals surface area contributed by atoms with E-state index in [4.69, 9.17) is 14.6 Å². The van der Waals surface area contributed by atoms with Gasteiger partial charge in [0.1, 0.15) is 6.61 Å². The molecule has 0 bridgehead atoms. The van der Waals surface area contributed by atoms with Crippen molar-refractivity contribution in [2.45, 2.75) is 38.1 Å². The lowest BCUT2D eigenvalue weighted by Gasteiger charge is -2.32. The second-order valence-corrected chi connectivity index (χ2v) is 8.22. The SMILES string of the molecule is NS(=O)(=O)N1CCC(OC2CCN(C(=O)OCc3ccccc3)CC2)C1. The van der Waals surface area contributed by atoms with Crippen molar-refractivity contribution in [1.29, 1.82) is 0 Å². The van der Waals surface area contributed by atoms with Crippen LogP contribution in [0.15, 0.2) is 30.3 Å². The molecule has 3 rings (SSSR count). The Morgan fingerprint density at radius 1 is 1.08 bits per heavy atom. The third-order valence-electron chi connectivity index (χ3n) is 4.76. The van der Waals surface area contributed by atoms with Gasteiger partial charge in [-0.3, -0.25) is 0 Å². The molecule has 0 aromatic heterocycles. The molecule has 26 heavy (non-hydrogen) atoms. The van der Waals surface area contributed by atoms with Gasteiger partial charge in [0.15, 0.2) is 0 Å². The summed E-state index contributed by atoms with van der Waals surface area (Å²) in [5.74, 6) is 0. The number of piperidine rings is 1. The molecule has 2 heterocycles. The molecule has 1 aromatic rings. The molecule has 1 aromatic carbocycles. The minimum Gasteiger partial charge on any atom is -0.445 e. The Balaban J connectivity index is 1.38. The Morgan fingerprint density at radius 2 is 1.73 bits per heavy atom. The van der Waals surface area contributed by atoms with Gasteiger partial charge in [0.25, 0.3) is 10.2 Å². The number of carbonyl (C=O) groups is 1.